The van der Waals surface area contributed by atoms with Crippen LogP contribution in [0.3, 0.4) is 0 Å². The van der Waals surface area contributed by atoms with Crippen LogP contribution in [-0.2, 0) is 0 Å². The summed E-state index contributed by atoms with van der Waals surface area (Å²) in [6.07, 6.45) is 7.81. The lowest BCUT2D eigenvalue weighted by molar-refractivity contribution is 0.284. The van der Waals surface area contributed by atoms with Crippen molar-refractivity contribution in [3.8, 4) is 5.82 Å². The van der Waals surface area contributed by atoms with Gasteiger partial charge in [0.25, 0.3) is 0 Å². The molecule has 0 saturated carbocycles. The molecule has 0 atom stereocenters. The highest BCUT2D eigenvalue weighted by atomic mass is 35.5. The SMILES string of the molecule is Cc1c(/C=C/CN2CCN(c3cc(Cl)cc(Cl)c3)CC2)cnn1-c1ccc(Cl)cn1. The normalized spacial score (nSPS) is 15.3. The largest absolute Gasteiger partial charge is 0.369 e. The first-order chi connectivity index (χ1) is 14.5. The van der Waals surface area contributed by atoms with Crippen LogP contribution in [0.25, 0.3) is 11.9 Å². The molecule has 0 radical (unpaired) electrons. The van der Waals surface area contributed by atoms with Gasteiger partial charge in [-0.2, -0.15) is 5.10 Å². The van der Waals surface area contributed by atoms with Crippen molar-refractivity contribution in [1.29, 1.82) is 0 Å². The van der Waals surface area contributed by atoms with E-state index < -0.39 is 0 Å². The lowest BCUT2D eigenvalue weighted by Crippen LogP contribution is -2.46. The fourth-order valence-corrected chi connectivity index (χ4v) is 4.18. The van der Waals surface area contributed by atoms with E-state index in [1.54, 1.807) is 12.3 Å². The van der Waals surface area contributed by atoms with E-state index in [9.17, 15) is 0 Å². The molecule has 2 aromatic heterocycles. The molecule has 1 aliphatic rings. The highest BCUT2D eigenvalue weighted by Crippen LogP contribution is 2.26. The number of halogens is 3. The topological polar surface area (TPSA) is 37.2 Å². The Kier molecular flexibility index (Phi) is 6.64. The van der Waals surface area contributed by atoms with Crippen LogP contribution >= 0.6 is 34.8 Å². The van der Waals surface area contributed by atoms with Gasteiger partial charge in [0.2, 0.25) is 0 Å². The molecule has 1 aliphatic heterocycles. The van der Waals surface area contributed by atoms with Crippen molar-refractivity contribution in [3.63, 3.8) is 0 Å². The number of benzene rings is 1. The molecule has 156 valence electrons. The molecule has 1 fully saturated rings. The van der Waals surface area contributed by atoms with Gasteiger partial charge in [-0.25, -0.2) is 9.67 Å². The van der Waals surface area contributed by atoms with Crippen LogP contribution in [0.2, 0.25) is 15.1 Å². The van der Waals surface area contributed by atoms with Crippen LogP contribution in [0.15, 0.2) is 48.8 Å². The third-order valence-electron chi connectivity index (χ3n) is 5.22. The van der Waals surface area contributed by atoms with Crippen molar-refractivity contribution >= 4 is 46.6 Å². The van der Waals surface area contributed by atoms with Crippen molar-refractivity contribution in [2.75, 3.05) is 37.6 Å². The molecule has 0 bridgehead atoms. The fourth-order valence-electron chi connectivity index (χ4n) is 3.55. The smallest absolute Gasteiger partial charge is 0.153 e. The Bertz CT molecular complexity index is 1020. The summed E-state index contributed by atoms with van der Waals surface area (Å²) >= 11 is 18.2. The Morgan fingerprint density at radius 2 is 1.67 bits per heavy atom. The van der Waals surface area contributed by atoms with E-state index >= 15 is 0 Å². The molecule has 0 spiro atoms. The highest BCUT2D eigenvalue weighted by Gasteiger charge is 2.17. The minimum atomic E-state index is 0.613. The molecule has 0 N–H and O–H groups in total. The number of hydrogen-bond donors (Lipinski definition) is 0. The number of pyridine rings is 1. The zero-order valence-electron chi connectivity index (χ0n) is 16.6. The van der Waals surface area contributed by atoms with Gasteiger partial charge in [-0.15, -0.1) is 0 Å². The van der Waals surface area contributed by atoms with Crippen molar-refractivity contribution in [2.24, 2.45) is 0 Å². The van der Waals surface area contributed by atoms with Crippen LogP contribution in [0, 0.1) is 6.92 Å². The molecule has 4 rings (SSSR count). The van der Waals surface area contributed by atoms with Gasteiger partial charge in [0.05, 0.1) is 16.9 Å². The molecular formula is C22H22Cl3N5. The van der Waals surface area contributed by atoms with Crippen LogP contribution < -0.4 is 4.90 Å². The second-order valence-electron chi connectivity index (χ2n) is 7.25. The average Bonchev–Trinajstić information content (AvgIpc) is 3.09. The first kappa shape index (κ1) is 21.2. The van der Waals surface area contributed by atoms with Crippen molar-refractivity contribution < 1.29 is 0 Å². The number of anilines is 1. The first-order valence-electron chi connectivity index (χ1n) is 9.76. The molecule has 8 heteroatoms. The molecule has 30 heavy (non-hydrogen) atoms. The van der Waals surface area contributed by atoms with Crippen LogP contribution in [-0.4, -0.2) is 52.4 Å². The standard InChI is InChI=1S/C22H22Cl3N5/c1-16-17(14-27-30(16)22-5-4-18(23)15-26-22)3-2-6-28-7-9-29(10-8-28)21-12-19(24)11-20(25)13-21/h2-5,11-15H,6-10H2,1H3/b3-2+. The molecule has 1 saturated heterocycles. The summed E-state index contributed by atoms with van der Waals surface area (Å²) in [6, 6.07) is 9.39. The minimum absolute atomic E-state index is 0.613. The predicted octanol–water partition coefficient (Wildman–Crippen LogP) is 5.37. The van der Waals surface area contributed by atoms with Gasteiger partial charge in [-0.05, 0) is 37.3 Å². The summed E-state index contributed by atoms with van der Waals surface area (Å²) in [5.74, 6) is 0.758. The van der Waals surface area contributed by atoms with Crippen LogP contribution in [0.5, 0.6) is 0 Å². The fraction of sp³-hybridized carbons (Fsp3) is 0.273. The third kappa shape index (κ3) is 4.98. The van der Waals surface area contributed by atoms with Gasteiger partial charge in [-0.1, -0.05) is 47.0 Å². The van der Waals surface area contributed by atoms with E-state index in [-0.39, 0.29) is 0 Å². The van der Waals surface area contributed by atoms with Crippen molar-refractivity contribution in [1.82, 2.24) is 19.7 Å². The number of rotatable bonds is 5. The van der Waals surface area contributed by atoms with Crippen LogP contribution in [0.4, 0.5) is 5.69 Å². The van der Waals surface area contributed by atoms with Gasteiger partial charge in [0.15, 0.2) is 5.82 Å². The number of aromatic nitrogens is 3. The second-order valence-corrected chi connectivity index (χ2v) is 8.56. The predicted molar refractivity (Wildman–Crippen MR) is 125 cm³/mol. The zero-order chi connectivity index (χ0) is 21.1. The quantitative estimate of drug-likeness (QED) is 0.511. The summed E-state index contributed by atoms with van der Waals surface area (Å²) in [6.45, 7) is 6.81. The van der Waals surface area contributed by atoms with E-state index in [1.165, 1.54) is 0 Å². The van der Waals surface area contributed by atoms with E-state index in [0.717, 1.165) is 55.5 Å². The van der Waals surface area contributed by atoms with Gasteiger partial charge in [0.1, 0.15) is 0 Å². The number of hydrogen-bond acceptors (Lipinski definition) is 4. The summed E-state index contributed by atoms with van der Waals surface area (Å²) in [5.41, 5.74) is 3.21. The number of nitrogens with zero attached hydrogens (tertiary/aromatic N) is 5. The Hall–Kier alpha value is -2.05. The summed E-state index contributed by atoms with van der Waals surface area (Å²) in [7, 11) is 0. The van der Waals surface area contributed by atoms with E-state index in [1.807, 2.05) is 42.1 Å². The van der Waals surface area contributed by atoms with E-state index in [2.05, 4.69) is 32.0 Å². The Balaban J connectivity index is 1.33. The Morgan fingerprint density at radius 3 is 2.33 bits per heavy atom. The second kappa shape index (κ2) is 9.40. The van der Waals surface area contributed by atoms with Gasteiger partial charge >= 0.3 is 0 Å². The molecule has 3 heterocycles. The Morgan fingerprint density at radius 1 is 0.933 bits per heavy atom. The molecule has 3 aromatic rings. The molecule has 0 aliphatic carbocycles. The Labute approximate surface area is 191 Å². The first-order valence-corrected chi connectivity index (χ1v) is 10.9. The van der Waals surface area contributed by atoms with E-state index in [0.29, 0.717) is 15.1 Å². The molecule has 5 nitrogen and oxygen atoms in total. The van der Waals surface area contributed by atoms with Gasteiger partial charge < -0.3 is 4.90 Å². The minimum Gasteiger partial charge on any atom is -0.369 e. The summed E-state index contributed by atoms with van der Waals surface area (Å²) in [5, 5.41) is 6.42. The summed E-state index contributed by atoms with van der Waals surface area (Å²) in [4.78, 5) is 9.09. The lowest BCUT2D eigenvalue weighted by Gasteiger charge is -2.35. The lowest BCUT2D eigenvalue weighted by atomic mass is 10.2. The maximum Gasteiger partial charge on any atom is 0.153 e. The van der Waals surface area contributed by atoms with Gasteiger partial charge in [-0.3, -0.25) is 4.90 Å². The van der Waals surface area contributed by atoms with E-state index in [4.69, 9.17) is 34.8 Å². The molecule has 1 aromatic carbocycles. The zero-order valence-corrected chi connectivity index (χ0v) is 18.9. The molecular weight excluding hydrogens is 441 g/mol. The maximum atomic E-state index is 6.14. The maximum absolute atomic E-state index is 6.14. The van der Waals surface area contributed by atoms with Gasteiger partial charge in [0, 0.05) is 60.2 Å². The summed E-state index contributed by atoms with van der Waals surface area (Å²) < 4.78 is 1.82. The number of piperazine rings is 1. The van der Waals surface area contributed by atoms with Crippen LogP contribution in [0.1, 0.15) is 11.3 Å². The molecule has 0 unspecified atom stereocenters. The monoisotopic (exact) mass is 461 g/mol. The van der Waals surface area contributed by atoms with Crippen molar-refractivity contribution in [3.05, 3.63) is 75.1 Å². The van der Waals surface area contributed by atoms with Crippen molar-refractivity contribution in [2.45, 2.75) is 6.92 Å². The average molecular weight is 463 g/mol. The third-order valence-corrected chi connectivity index (χ3v) is 5.88. The highest BCUT2D eigenvalue weighted by molar-refractivity contribution is 6.35. The molecule has 0 amide bonds.